The van der Waals surface area contributed by atoms with Crippen molar-refractivity contribution in [2.75, 3.05) is 20.1 Å². The maximum atomic E-state index is 4.56. The maximum absolute atomic E-state index is 4.56. The van der Waals surface area contributed by atoms with Crippen LogP contribution in [0.15, 0.2) is 72.1 Å². The molecule has 0 saturated heterocycles. The summed E-state index contributed by atoms with van der Waals surface area (Å²) in [4.78, 5) is 15.6. The molecule has 0 aliphatic carbocycles. The van der Waals surface area contributed by atoms with Crippen LogP contribution in [-0.2, 0) is 6.54 Å². The molecule has 0 amide bonds. The van der Waals surface area contributed by atoms with Gasteiger partial charge in [-0.3, -0.25) is 9.56 Å². The van der Waals surface area contributed by atoms with Crippen molar-refractivity contribution in [3.8, 4) is 5.82 Å². The van der Waals surface area contributed by atoms with Gasteiger partial charge in [-0.15, -0.1) is 24.0 Å². The molecule has 0 atom stereocenters. The fraction of sp³-hybridized carbons (Fsp3) is 0.261. The van der Waals surface area contributed by atoms with E-state index in [-0.39, 0.29) is 24.0 Å². The first-order valence-corrected chi connectivity index (χ1v) is 9.90. The highest BCUT2D eigenvalue weighted by atomic mass is 127. The first-order chi connectivity index (χ1) is 14.2. The Hall–Kier alpha value is -2.68. The van der Waals surface area contributed by atoms with E-state index < -0.39 is 0 Å². The highest BCUT2D eigenvalue weighted by Crippen LogP contribution is 2.22. The SMILES string of the molecule is CN=C(NCc1ccc(-n2ccnc2C)nc1)N1CC=C(c2ccccc2)CC1.I. The van der Waals surface area contributed by atoms with Gasteiger partial charge in [0.1, 0.15) is 11.6 Å². The van der Waals surface area contributed by atoms with E-state index in [2.05, 4.69) is 67.7 Å². The molecule has 1 N–H and O–H groups in total. The topological polar surface area (TPSA) is 58.3 Å². The van der Waals surface area contributed by atoms with Crippen LogP contribution in [-0.4, -0.2) is 45.5 Å². The van der Waals surface area contributed by atoms with Gasteiger partial charge in [-0.05, 0) is 36.1 Å². The summed E-state index contributed by atoms with van der Waals surface area (Å²) in [6, 6.07) is 14.7. The number of hydrogen-bond acceptors (Lipinski definition) is 3. The molecular weight excluding hydrogens is 487 g/mol. The summed E-state index contributed by atoms with van der Waals surface area (Å²) in [6.07, 6.45) is 8.93. The highest BCUT2D eigenvalue weighted by Gasteiger charge is 2.16. The number of aryl methyl sites for hydroxylation is 1. The van der Waals surface area contributed by atoms with Gasteiger partial charge in [0, 0.05) is 45.3 Å². The van der Waals surface area contributed by atoms with E-state index in [0.29, 0.717) is 6.54 Å². The fourth-order valence-electron chi connectivity index (χ4n) is 3.57. The smallest absolute Gasteiger partial charge is 0.194 e. The standard InChI is InChI=1S/C23H26N6.HI/c1-18-25-12-15-29(18)22-9-8-19(16-26-22)17-27-23(24-2)28-13-10-21(11-14-28)20-6-4-3-5-7-20;/h3-10,12,15-16H,11,13-14,17H2,1-2H3,(H,24,27);1H. The van der Waals surface area contributed by atoms with Gasteiger partial charge >= 0.3 is 0 Å². The van der Waals surface area contributed by atoms with Crippen molar-refractivity contribution in [3.05, 3.63) is 84.1 Å². The van der Waals surface area contributed by atoms with Crippen LogP contribution in [0.3, 0.4) is 0 Å². The Labute approximate surface area is 194 Å². The van der Waals surface area contributed by atoms with E-state index in [1.807, 2.05) is 37.0 Å². The Morgan fingerprint density at radius 2 is 1.97 bits per heavy atom. The monoisotopic (exact) mass is 514 g/mol. The number of guanidine groups is 1. The zero-order valence-electron chi connectivity index (χ0n) is 17.3. The van der Waals surface area contributed by atoms with Crippen molar-refractivity contribution in [2.45, 2.75) is 19.9 Å². The van der Waals surface area contributed by atoms with Gasteiger partial charge in [-0.1, -0.05) is 42.5 Å². The molecule has 2 aromatic heterocycles. The second kappa shape index (κ2) is 10.4. The zero-order valence-corrected chi connectivity index (χ0v) is 19.7. The third-order valence-corrected chi connectivity index (χ3v) is 5.20. The van der Waals surface area contributed by atoms with Crippen LogP contribution in [0.4, 0.5) is 0 Å². The van der Waals surface area contributed by atoms with Crippen molar-refractivity contribution in [1.82, 2.24) is 24.8 Å². The minimum Gasteiger partial charge on any atom is -0.352 e. The number of halogens is 1. The Balaban J connectivity index is 0.00000256. The van der Waals surface area contributed by atoms with Crippen molar-refractivity contribution in [2.24, 2.45) is 4.99 Å². The third kappa shape index (κ3) is 5.08. The minimum atomic E-state index is 0. The number of nitrogens with zero attached hydrogens (tertiary/aromatic N) is 5. The molecule has 1 aliphatic heterocycles. The Kier molecular flexibility index (Phi) is 7.62. The molecule has 6 nitrogen and oxygen atoms in total. The molecular formula is C23H27IN6. The molecule has 30 heavy (non-hydrogen) atoms. The number of hydrogen-bond donors (Lipinski definition) is 1. The summed E-state index contributed by atoms with van der Waals surface area (Å²) in [7, 11) is 1.84. The van der Waals surface area contributed by atoms with Crippen LogP contribution in [0.1, 0.15) is 23.4 Å². The van der Waals surface area contributed by atoms with E-state index in [1.165, 1.54) is 11.1 Å². The quantitative estimate of drug-likeness (QED) is 0.324. The molecule has 0 radical (unpaired) electrons. The van der Waals surface area contributed by atoms with Gasteiger partial charge in [-0.25, -0.2) is 9.97 Å². The van der Waals surface area contributed by atoms with Crippen LogP contribution in [0.2, 0.25) is 0 Å². The van der Waals surface area contributed by atoms with Crippen molar-refractivity contribution < 1.29 is 0 Å². The van der Waals surface area contributed by atoms with Gasteiger partial charge in [0.25, 0.3) is 0 Å². The lowest BCUT2D eigenvalue weighted by Gasteiger charge is -2.29. The Morgan fingerprint density at radius 3 is 2.57 bits per heavy atom. The average molecular weight is 514 g/mol. The lowest BCUT2D eigenvalue weighted by Crippen LogP contribution is -2.43. The van der Waals surface area contributed by atoms with Gasteiger partial charge in [0.05, 0.1) is 0 Å². The molecule has 0 spiro atoms. The number of benzene rings is 1. The predicted octanol–water partition coefficient (Wildman–Crippen LogP) is 4.06. The Bertz CT molecular complexity index is 1010. The predicted molar refractivity (Wildman–Crippen MR) is 132 cm³/mol. The van der Waals surface area contributed by atoms with Gasteiger partial charge in [0.2, 0.25) is 0 Å². The summed E-state index contributed by atoms with van der Waals surface area (Å²) < 4.78 is 1.97. The van der Waals surface area contributed by atoms with Gasteiger partial charge in [-0.2, -0.15) is 0 Å². The van der Waals surface area contributed by atoms with E-state index >= 15 is 0 Å². The molecule has 0 bridgehead atoms. The van der Waals surface area contributed by atoms with Crippen LogP contribution in [0.5, 0.6) is 0 Å². The van der Waals surface area contributed by atoms with Crippen LogP contribution in [0.25, 0.3) is 11.4 Å². The van der Waals surface area contributed by atoms with E-state index in [4.69, 9.17) is 0 Å². The molecule has 3 aromatic rings. The van der Waals surface area contributed by atoms with Crippen LogP contribution in [0, 0.1) is 6.92 Å². The molecule has 156 valence electrons. The molecule has 7 heteroatoms. The highest BCUT2D eigenvalue weighted by molar-refractivity contribution is 14.0. The fourth-order valence-corrected chi connectivity index (χ4v) is 3.57. The number of aliphatic imine (C=N–C) groups is 1. The largest absolute Gasteiger partial charge is 0.352 e. The molecule has 0 fully saturated rings. The molecule has 0 saturated carbocycles. The normalized spacial score (nSPS) is 14.1. The number of aromatic nitrogens is 3. The summed E-state index contributed by atoms with van der Waals surface area (Å²) in [5.41, 5.74) is 3.84. The third-order valence-electron chi connectivity index (χ3n) is 5.20. The first kappa shape index (κ1) is 22.0. The molecule has 1 aromatic carbocycles. The van der Waals surface area contributed by atoms with Crippen molar-refractivity contribution in [3.63, 3.8) is 0 Å². The van der Waals surface area contributed by atoms with Crippen molar-refractivity contribution >= 4 is 35.5 Å². The van der Waals surface area contributed by atoms with Gasteiger partial charge < -0.3 is 10.2 Å². The number of rotatable bonds is 4. The lowest BCUT2D eigenvalue weighted by molar-refractivity contribution is 0.439. The second-order valence-corrected chi connectivity index (χ2v) is 7.06. The number of pyridine rings is 1. The zero-order chi connectivity index (χ0) is 20.1. The summed E-state index contributed by atoms with van der Waals surface area (Å²) in [5, 5.41) is 3.46. The molecule has 0 unspecified atom stereocenters. The summed E-state index contributed by atoms with van der Waals surface area (Å²) in [6.45, 7) is 4.48. The van der Waals surface area contributed by atoms with Crippen molar-refractivity contribution in [1.29, 1.82) is 0 Å². The maximum Gasteiger partial charge on any atom is 0.194 e. The summed E-state index contributed by atoms with van der Waals surface area (Å²) in [5.74, 6) is 2.72. The molecule has 4 rings (SSSR count). The summed E-state index contributed by atoms with van der Waals surface area (Å²) >= 11 is 0. The van der Waals surface area contributed by atoms with E-state index in [9.17, 15) is 0 Å². The van der Waals surface area contributed by atoms with Gasteiger partial charge in [0.15, 0.2) is 5.96 Å². The van der Waals surface area contributed by atoms with Crippen LogP contribution >= 0.6 is 24.0 Å². The van der Waals surface area contributed by atoms with E-state index in [0.717, 1.165) is 42.7 Å². The van der Waals surface area contributed by atoms with E-state index in [1.54, 1.807) is 6.20 Å². The first-order valence-electron chi connectivity index (χ1n) is 9.90. The average Bonchev–Trinajstić information content (AvgIpc) is 3.21. The minimum absolute atomic E-state index is 0. The number of imidazole rings is 1. The second-order valence-electron chi connectivity index (χ2n) is 7.06. The molecule has 1 aliphatic rings. The van der Waals surface area contributed by atoms with Crippen LogP contribution < -0.4 is 5.32 Å². The number of nitrogens with one attached hydrogen (secondary N) is 1. The lowest BCUT2D eigenvalue weighted by atomic mass is 10.00. The Morgan fingerprint density at radius 1 is 1.13 bits per heavy atom. The molecule has 3 heterocycles.